The molecule has 0 heterocycles. The molecule has 0 saturated heterocycles. The molecule has 0 radical (unpaired) electrons. The number of nitriles is 1. The first-order chi connectivity index (χ1) is 14.1. The third kappa shape index (κ3) is 5.67. The Kier molecular flexibility index (Phi) is 7.41. The molecule has 1 saturated carbocycles. The lowest BCUT2D eigenvalue weighted by molar-refractivity contribution is 0.302. The van der Waals surface area contributed by atoms with Crippen molar-refractivity contribution in [3.8, 4) is 17.6 Å². The number of rotatable bonds is 8. The summed E-state index contributed by atoms with van der Waals surface area (Å²) < 4.78 is 5.90. The molecule has 0 spiro atoms. The lowest BCUT2D eigenvalue weighted by Crippen LogP contribution is -2.14. The highest BCUT2D eigenvalue weighted by molar-refractivity contribution is 5.61. The van der Waals surface area contributed by atoms with Gasteiger partial charge in [0.2, 0.25) is 0 Å². The van der Waals surface area contributed by atoms with E-state index in [0.29, 0.717) is 34.4 Å². The standard InChI is InChI=1S/C25H33N3O/c1-2-3-4-5-6-18-7-9-19(10-8-18)23-13-12-22(15-20(23)17-26)29-25-14-11-21(27)16-24(25)28/h11-16,18-19H,2-10,27-28H2,1H3. The van der Waals surface area contributed by atoms with E-state index in [1.165, 1.54) is 57.8 Å². The molecular weight excluding hydrogens is 358 g/mol. The van der Waals surface area contributed by atoms with Crippen LogP contribution in [-0.2, 0) is 0 Å². The maximum Gasteiger partial charge on any atom is 0.150 e. The summed E-state index contributed by atoms with van der Waals surface area (Å²) >= 11 is 0. The van der Waals surface area contributed by atoms with Crippen LogP contribution in [0.5, 0.6) is 11.5 Å². The Bertz CT molecular complexity index is 848. The summed E-state index contributed by atoms with van der Waals surface area (Å²) in [4.78, 5) is 0. The first-order valence-corrected chi connectivity index (χ1v) is 11.0. The number of benzene rings is 2. The summed E-state index contributed by atoms with van der Waals surface area (Å²) in [6.45, 7) is 2.26. The molecule has 0 atom stereocenters. The average molecular weight is 392 g/mol. The summed E-state index contributed by atoms with van der Waals surface area (Å²) in [5.74, 6) is 2.53. The third-order valence-electron chi connectivity index (χ3n) is 6.16. The van der Waals surface area contributed by atoms with Crippen LogP contribution in [0.4, 0.5) is 11.4 Å². The van der Waals surface area contributed by atoms with Crippen LogP contribution in [0, 0.1) is 17.2 Å². The van der Waals surface area contributed by atoms with E-state index in [-0.39, 0.29) is 0 Å². The minimum Gasteiger partial charge on any atom is -0.455 e. The van der Waals surface area contributed by atoms with Crippen LogP contribution in [-0.4, -0.2) is 0 Å². The molecule has 0 amide bonds. The van der Waals surface area contributed by atoms with Crippen LogP contribution < -0.4 is 16.2 Å². The molecule has 4 nitrogen and oxygen atoms in total. The maximum atomic E-state index is 9.70. The molecule has 4 N–H and O–H groups in total. The number of hydrogen-bond donors (Lipinski definition) is 2. The monoisotopic (exact) mass is 391 g/mol. The predicted octanol–water partition coefficient (Wildman–Crippen LogP) is 6.76. The zero-order chi connectivity index (χ0) is 20.6. The van der Waals surface area contributed by atoms with Crippen molar-refractivity contribution in [1.82, 2.24) is 0 Å². The van der Waals surface area contributed by atoms with E-state index in [4.69, 9.17) is 16.2 Å². The third-order valence-corrected chi connectivity index (χ3v) is 6.16. The molecule has 0 bridgehead atoms. The number of anilines is 2. The zero-order valence-corrected chi connectivity index (χ0v) is 17.5. The summed E-state index contributed by atoms with van der Waals surface area (Å²) in [5.41, 5.74) is 14.7. The number of hydrogen-bond acceptors (Lipinski definition) is 4. The van der Waals surface area contributed by atoms with Crippen molar-refractivity contribution in [2.24, 2.45) is 5.92 Å². The molecular formula is C25H33N3O. The molecule has 3 rings (SSSR count). The number of nitrogen functional groups attached to an aromatic ring is 2. The Balaban J connectivity index is 1.62. The molecule has 29 heavy (non-hydrogen) atoms. The molecule has 0 aliphatic heterocycles. The van der Waals surface area contributed by atoms with Gasteiger partial charge in [0.1, 0.15) is 11.5 Å². The Labute approximate surface area is 174 Å². The second-order valence-electron chi connectivity index (χ2n) is 8.33. The first-order valence-electron chi connectivity index (χ1n) is 11.0. The van der Waals surface area contributed by atoms with E-state index >= 15 is 0 Å². The topological polar surface area (TPSA) is 85.1 Å². The molecule has 1 aliphatic rings. The van der Waals surface area contributed by atoms with Gasteiger partial charge >= 0.3 is 0 Å². The molecule has 1 aliphatic carbocycles. The maximum absolute atomic E-state index is 9.70. The SMILES string of the molecule is CCCCCCC1CCC(c2ccc(Oc3ccc(N)cc3N)cc2C#N)CC1. The van der Waals surface area contributed by atoms with Crippen molar-refractivity contribution < 1.29 is 4.74 Å². The Morgan fingerprint density at radius 1 is 1.00 bits per heavy atom. The van der Waals surface area contributed by atoms with Crippen LogP contribution in [0.3, 0.4) is 0 Å². The molecule has 2 aromatic carbocycles. The van der Waals surface area contributed by atoms with Crippen molar-refractivity contribution in [1.29, 1.82) is 5.26 Å². The highest BCUT2D eigenvalue weighted by atomic mass is 16.5. The summed E-state index contributed by atoms with van der Waals surface area (Å²) in [6, 6.07) is 13.4. The van der Waals surface area contributed by atoms with Gasteiger partial charge in [0.05, 0.1) is 17.3 Å². The summed E-state index contributed by atoms with van der Waals surface area (Å²) in [5, 5.41) is 9.70. The molecule has 1 fully saturated rings. The Morgan fingerprint density at radius 3 is 2.48 bits per heavy atom. The lowest BCUT2D eigenvalue weighted by atomic mass is 9.76. The van der Waals surface area contributed by atoms with Gasteiger partial charge in [-0.1, -0.05) is 45.1 Å². The van der Waals surface area contributed by atoms with Gasteiger partial charge in [0.15, 0.2) is 0 Å². The largest absolute Gasteiger partial charge is 0.455 e. The van der Waals surface area contributed by atoms with E-state index in [0.717, 1.165) is 11.5 Å². The molecule has 2 aromatic rings. The van der Waals surface area contributed by atoms with E-state index in [1.54, 1.807) is 18.2 Å². The molecule has 154 valence electrons. The summed E-state index contributed by atoms with van der Waals surface area (Å²) in [6.07, 6.45) is 11.7. The molecule has 4 heteroatoms. The van der Waals surface area contributed by atoms with Crippen LogP contribution in [0.1, 0.15) is 81.8 Å². The molecule has 0 unspecified atom stereocenters. The van der Waals surface area contributed by atoms with Crippen molar-refractivity contribution in [2.75, 3.05) is 11.5 Å². The summed E-state index contributed by atoms with van der Waals surface area (Å²) in [7, 11) is 0. The fourth-order valence-electron chi connectivity index (χ4n) is 4.46. The van der Waals surface area contributed by atoms with E-state index in [9.17, 15) is 5.26 Å². The Hall–Kier alpha value is -2.67. The number of unbranched alkanes of at least 4 members (excludes halogenated alkanes) is 3. The van der Waals surface area contributed by atoms with Gasteiger partial charge in [-0.15, -0.1) is 0 Å². The predicted molar refractivity (Wildman–Crippen MR) is 120 cm³/mol. The van der Waals surface area contributed by atoms with Gasteiger partial charge in [-0.25, -0.2) is 0 Å². The minimum atomic E-state index is 0.479. The van der Waals surface area contributed by atoms with E-state index in [1.807, 2.05) is 12.1 Å². The van der Waals surface area contributed by atoms with Gasteiger partial charge in [0.25, 0.3) is 0 Å². The van der Waals surface area contributed by atoms with Crippen molar-refractivity contribution in [2.45, 2.75) is 70.6 Å². The van der Waals surface area contributed by atoms with Gasteiger partial charge in [-0.2, -0.15) is 5.26 Å². The smallest absolute Gasteiger partial charge is 0.150 e. The number of ether oxygens (including phenoxy) is 1. The second kappa shape index (κ2) is 10.2. The highest BCUT2D eigenvalue weighted by Gasteiger charge is 2.24. The van der Waals surface area contributed by atoms with E-state index < -0.39 is 0 Å². The van der Waals surface area contributed by atoms with Gasteiger partial charge in [0, 0.05) is 5.69 Å². The normalized spacial score (nSPS) is 18.9. The first kappa shape index (κ1) is 21.0. The quantitative estimate of drug-likeness (QED) is 0.384. The highest BCUT2D eigenvalue weighted by Crippen LogP contribution is 2.40. The molecule has 0 aromatic heterocycles. The van der Waals surface area contributed by atoms with Crippen LogP contribution >= 0.6 is 0 Å². The van der Waals surface area contributed by atoms with Gasteiger partial charge in [-0.3, -0.25) is 0 Å². The van der Waals surface area contributed by atoms with Crippen molar-refractivity contribution in [3.05, 3.63) is 47.5 Å². The Morgan fingerprint density at radius 2 is 1.79 bits per heavy atom. The second-order valence-corrected chi connectivity index (χ2v) is 8.33. The van der Waals surface area contributed by atoms with Gasteiger partial charge < -0.3 is 16.2 Å². The van der Waals surface area contributed by atoms with Crippen molar-refractivity contribution >= 4 is 11.4 Å². The van der Waals surface area contributed by atoms with Crippen LogP contribution in [0.2, 0.25) is 0 Å². The number of nitrogens with zero attached hydrogens (tertiary/aromatic N) is 1. The lowest BCUT2D eigenvalue weighted by Gasteiger charge is -2.29. The van der Waals surface area contributed by atoms with Crippen LogP contribution in [0.15, 0.2) is 36.4 Å². The average Bonchev–Trinajstić information content (AvgIpc) is 2.74. The van der Waals surface area contributed by atoms with Gasteiger partial charge in [-0.05, 0) is 73.4 Å². The fourth-order valence-corrected chi connectivity index (χ4v) is 4.46. The van der Waals surface area contributed by atoms with E-state index in [2.05, 4.69) is 19.1 Å². The van der Waals surface area contributed by atoms with Crippen molar-refractivity contribution in [3.63, 3.8) is 0 Å². The zero-order valence-electron chi connectivity index (χ0n) is 17.5. The van der Waals surface area contributed by atoms with Crippen LogP contribution in [0.25, 0.3) is 0 Å². The fraction of sp³-hybridized carbons (Fsp3) is 0.480. The number of nitrogens with two attached hydrogens (primary N) is 2. The minimum absolute atomic E-state index is 0.479.